The highest BCUT2D eigenvalue weighted by atomic mass is 32.2. The van der Waals surface area contributed by atoms with Crippen molar-refractivity contribution in [2.75, 3.05) is 25.2 Å². The number of anilines is 1. The van der Waals surface area contributed by atoms with E-state index in [-0.39, 0.29) is 22.9 Å². The number of nitrogens with one attached hydrogen (secondary N) is 2. The number of hydrogen-bond acceptors (Lipinski definition) is 6. The third-order valence-electron chi connectivity index (χ3n) is 6.25. The number of halogens is 1. The van der Waals surface area contributed by atoms with Crippen molar-refractivity contribution >= 4 is 21.4 Å². The number of rotatable bonds is 9. The lowest BCUT2D eigenvalue weighted by atomic mass is 9.89. The molecule has 10 heteroatoms. The zero-order chi connectivity index (χ0) is 25.0. The predicted molar refractivity (Wildman–Crippen MR) is 131 cm³/mol. The standard InChI is InChI=1S/C24H35FN4O4S/c1-6-21-28-22(24(30)26-14-16-7-10-18(11-8-16)34(5,31)32)23(25)29(21)19-12-9-17(27-15(2)3)13-20(19)33-4/h9,12-13,15-16,18,27H,6-8,10-11,14H2,1-5H3,(H,26,30). The van der Waals surface area contributed by atoms with Gasteiger partial charge in [0.25, 0.3) is 5.91 Å². The summed E-state index contributed by atoms with van der Waals surface area (Å²) in [5, 5.41) is 5.77. The topological polar surface area (TPSA) is 102 Å². The van der Waals surface area contributed by atoms with Gasteiger partial charge in [-0.1, -0.05) is 6.92 Å². The summed E-state index contributed by atoms with van der Waals surface area (Å²) in [5.41, 5.74) is 1.06. The summed E-state index contributed by atoms with van der Waals surface area (Å²) in [4.78, 5) is 17.1. The molecular formula is C24H35FN4O4S. The van der Waals surface area contributed by atoms with Gasteiger partial charge in [0.15, 0.2) is 5.69 Å². The Morgan fingerprint density at radius 2 is 1.94 bits per heavy atom. The van der Waals surface area contributed by atoms with Crippen LogP contribution >= 0.6 is 0 Å². The minimum absolute atomic E-state index is 0.166. The second-order valence-corrected chi connectivity index (χ2v) is 11.6. The molecular weight excluding hydrogens is 459 g/mol. The van der Waals surface area contributed by atoms with Gasteiger partial charge in [-0.15, -0.1) is 0 Å². The van der Waals surface area contributed by atoms with Crippen molar-refractivity contribution in [1.82, 2.24) is 14.9 Å². The normalized spacial score (nSPS) is 18.7. The Hall–Kier alpha value is -2.62. The molecule has 1 aromatic heterocycles. The van der Waals surface area contributed by atoms with Gasteiger partial charge in [-0.3, -0.25) is 9.36 Å². The minimum atomic E-state index is -3.04. The summed E-state index contributed by atoms with van der Waals surface area (Å²) in [6.45, 7) is 6.25. The smallest absolute Gasteiger partial charge is 0.274 e. The number of amides is 1. The van der Waals surface area contributed by atoms with E-state index in [9.17, 15) is 13.2 Å². The van der Waals surface area contributed by atoms with Gasteiger partial charge in [0.2, 0.25) is 5.95 Å². The largest absolute Gasteiger partial charge is 0.494 e. The summed E-state index contributed by atoms with van der Waals surface area (Å²) >= 11 is 0. The summed E-state index contributed by atoms with van der Waals surface area (Å²) in [5.74, 6) is -0.268. The number of methoxy groups -OCH3 is 1. The van der Waals surface area contributed by atoms with Crippen molar-refractivity contribution in [3.8, 4) is 11.4 Å². The van der Waals surface area contributed by atoms with Crippen LogP contribution in [-0.4, -0.2) is 55.1 Å². The van der Waals surface area contributed by atoms with Crippen molar-refractivity contribution in [2.24, 2.45) is 5.92 Å². The van der Waals surface area contributed by atoms with Gasteiger partial charge in [0.05, 0.1) is 18.0 Å². The Morgan fingerprint density at radius 1 is 1.26 bits per heavy atom. The van der Waals surface area contributed by atoms with Gasteiger partial charge in [-0.05, 0) is 57.6 Å². The monoisotopic (exact) mass is 494 g/mol. The summed E-state index contributed by atoms with van der Waals surface area (Å²) in [6, 6.07) is 5.60. The van der Waals surface area contributed by atoms with E-state index in [0.717, 1.165) is 5.69 Å². The lowest BCUT2D eigenvalue weighted by molar-refractivity contribution is 0.0934. The number of aromatic nitrogens is 2. The van der Waals surface area contributed by atoms with Crippen molar-refractivity contribution in [3.05, 3.63) is 35.7 Å². The molecule has 0 saturated heterocycles. The van der Waals surface area contributed by atoms with Crippen molar-refractivity contribution < 1.29 is 22.3 Å². The fourth-order valence-corrected chi connectivity index (χ4v) is 5.57. The number of ether oxygens (including phenoxy) is 1. The molecule has 1 aromatic carbocycles. The van der Waals surface area contributed by atoms with Crippen LogP contribution in [0.1, 0.15) is 62.8 Å². The maximum Gasteiger partial charge on any atom is 0.274 e. The molecule has 1 saturated carbocycles. The average Bonchev–Trinajstić information content (AvgIpc) is 3.12. The van der Waals surface area contributed by atoms with E-state index in [2.05, 4.69) is 15.6 Å². The van der Waals surface area contributed by atoms with Gasteiger partial charge < -0.3 is 15.4 Å². The molecule has 1 amide bonds. The van der Waals surface area contributed by atoms with Crippen LogP contribution in [0.2, 0.25) is 0 Å². The Bertz CT molecular complexity index is 1120. The fourth-order valence-electron chi connectivity index (χ4n) is 4.44. The maximum atomic E-state index is 15.5. The van der Waals surface area contributed by atoms with Crippen molar-refractivity contribution in [3.63, 3.8) is 0 Å². The van der Waals surface area contributed by atoms with E-state index in [1.807, 2.05) is 26.8 Å². The highest BCUT2D eigenvalue weighted by Crippen LogP contribution is 2.31. The van der Waals surface area contributed by atoms with Crippen LogP contribution < -0.4 is 15.4 Å². The Morgan fingerprint density at radius 3 is 2.50 bits per heavy atom. The first-order valence-electron chi connectivity index (χ1n) is 11.7. The first kappa shape index (κ1) is 26.0. The number of aryl methyl sites for hydroxylation is 1. The highest BCUT2D eigenvalue weighted by molar-refractivity contribution is 7.91. The molecule has 2 N–H and O–H groups in total. The van der Waals surface area contributed by atoms with Crippen LogP contribution in [0.5, 0.6) is 5.75 Å². The van der Waals surface area contributed by atoms with Crippen LogP contribution in [-0.2, 0) is 16.3 Å². The molecule has 1 aliphatic rings. The number of benzene rings is 1. The second-order valence-electron chi connectivity index (χ2n) is 9.22. The molecule has 0 aliphatic heterocycles. The van der Waals surface area contributed by atoms with Crippen LogP contribution in [0.15, 0.2) is 18.2 Å². The SMILES string of the molecule is CCc1nc(C(=O)NCC2CCC(S(C)(=O)=O)CC2)c(F)n1-c1ccc(NC(C)C)cc1OC. The summed E-state index contributed by atoms with van der Waals surface area (Å²) in [7, 11) is -1.52. The van der Waals surface area contributed by atoms with Crippen LogP contribution in [0, 0.1) is 11.9 Å². The fraction of sp³-hybridized carbons (Fsp3) is 0.583. The molecule has 1 heterocycles. The van der Waals surface area contributed by atoms with Gasteiger partial charge in [-0.25, -0.2) is 13.4 Å². The van der Waals surface area contributed by atoms with E-state index in [1.54, 1.807) is 12.1 Å². The Labute approximate surface area is 201 Å². The number of sulfone groups is 1. The number of hydrogen-bond donors (Lipinski definition) is 2. The molecule has 2 aromatic rings. The number of nitrogens with zero attached hydrogens (tertiary/aromatic N) is 2. The van der Waals surface area contributed by atoms with E-state index in [0.29, 0.717) is 55.9 Å². The molecule has 0 radical (unpaired) electrons. The molecule has 0 bridgehead atoms. The minimum Gasteiger partial charge on any atom is -0.494 e. The Kier molecular flexibility index (Phi) is 8.22. The third-order valence-corrected chi connectivity index (χ3v) is 7.93. The van der Waals surface area contributed by atoms with Crippen molar-refractivity contribution in [2.45, 2.75) is 64.2 Å². The molecule has 188 valence electrons. The zero-order valence-electron chi connectivity index (χ0n) is 20.5. The van der Waals surface area contributed by atoms with Crippen LogP contribution in [0.3, 0.4) is 0 Å². The quantitative estimate of drug-likeness (QED) is 0.551. The third kappa shape index (κ3) is 5.89. The van der Waals surface area contributed by atoms with Gasteiger partial charge in [0.1, 0.15) is 21.4 Å². The number of carbonyl (C=O) groups excluding carboxylic acids is 1. The van der Waals surface area contributed by atoms with Gasteiger partial charge in [-0.2, -0.15) is 4.39 Å². The zero-order valence-corrected chi connectivity index (χ0v) is 21.3. The number of carbonyl (C=O) groups is 1. The second kappa shape index (κ2) is 10.8. The van der Waals surface area contributed by atoms with Crippen molar-refractivity contribution in [1.29, 1.82) is 0 Å². The molecule has 34 heavy (non-hydrogen) atoms. The molecule has 0 atom stereocenters. The highest BCUT2D eigenvalue weighted by Gasteiger charge is 2.29. The maximum absolute atomic E-state index is 15.5. The van der Waals surface area contributed by atoms with Gasteiger partial charge in [0, 0.05) is 37.0 Å². The Balaban J connectivity index is 1.77. The van der Waals surface area contributed by atoms with Gasteiger partial charge >= 0.3 is 0 Å². The van der Waals surface area contributed by atoms with E-state index >= 15 is 4.39 Å². The molecule has 0 spiro atoms. The molecule has 1 aliphatic carbocycles. The summed E-state index contributed by atoms with van der Waals surface area (Å²) in [6.07, 6.45) is 4.29. The van der Waals surface area contributed by atoms with E-state index < -0.39 is 21.7 Å². The van der Waals surface area contributed by atoms with Crippen LogP contribution in [0.4, 0.5) is 10.1 Å². The number of imidazole rings is 1. The first-order chi connectivity index (χ1) is 16.0. The molecule has 0 unspecified atom stereocenters. The van der Waals surface area contributed by atoms with E-state index in [4.69, 9.17) is 4.74 Å². The molecule has 8 nitrogen and oxygen atoms in total. The lowest BCUT2D eigenvalue weighted by Gasteiger charge is -2.27. The summed E-state index contributed by atoms with van der Waals surface area (Å²) < 4.78 is 45.8. The predicted octanol–water partition coefficient (Wildman–Crippen LogP) is 3.74. The lowest BCUT2D eigenvalue weighted by Crippen LogP contribution is -2.34. The van der Waals surface area contributed by atoms with Crippen LogP contribution in [0.25, 0.3) is 5.69 Å². The molecule has 1 fully saturated rings. The average molecular weight is 495 g/mol. The van der Waals surface area contributed by atoms with E-state index in [1.165, 1.54) is 17.9 Å². The molecule has 3 rings (SSSR count). The first-order valence-corrected chi connectivity index (χ1v) is 13.7.